The Morgan fingerprint density at radius 3 is 2.52 bits per heavy atom. The van der Waals surface area contributed by atoms with Crippen LogP contribution in [0.15, 0.2) is 59.5 Å². The van der Waals surface area contributed by atoms with Gasteiger partial charge >= 0.3 is 0 Å². The van der Waals surface area contributed by atoms with Gasteiger partial charge in [-0.3, -0.25) is 4.79 Å². The maximum atomic E-state index is 12.2. The Hall–Kier alpha value is -1.94. The van der Waals surface area contributed by atoms with Crippen LogP contribution in [0.2, 0.25) is 0 Å². The minimum Gasteiger partial charge on any atom is -0.481 e. The van der Waals surface area contributed by atoms with E-state index >= 15 is 0 Å². The van der Waals surface area contributed by atoms with E-state index in [4.69, 9.17) is 4.74 Å². The molecule has 0 fully saturated rings. The minimum atomic E-state index is -0.549. The van der Waals surface area contributed by atoms with Crippen molar-refractivity contribution in [1.29, 1.82) is 0 Å². The van der Waals surface area contributed by atoms with Gasteiger partial charge in [0, 0.05) is 4.90 Å². The predicted molar refractivity (Wildman–Crippen MR) is 88.0 cm³/mol. The lowest BCUT2D eigenvalue weighted by Gasteiger charge is -2.16. The van der Waals surface area contributed by atoms with Crippen molar-refractivity contribution >= 4 is 23.4 Å². The lowest BCUT2D eigenvalue weighted by Crippen LogP contribution is -2.30. The molecule has 4 heteroatoms. The Kier molecular flexibility index (Phi) is 5.69. The molecule has 0 unspecified atom stereocenters. The molecule has 2 aromatic rings. The normalized spacial score (nSPS) is 11.7. The summed E-state index contributed by atoms with van der Waals surface area (Å²) in [6.07, 6.45) is -0.549. The van der Waals surface area contributed by atoms with Crippen molar-refractivity contribution in [3.8, 4) is 5.75 Å². The first kappa shape index (κ1) is 15.4. The van der Waals surface area contributed by atoms with Gasteiger partial charge in [0.2, 0.25) is 0 Å². The van der Waals surface area contributed by atoms with Gasteiger partial charge in [-0.1, -0.05) is 37.3 Å². The van der Waals surface area contributed by atoms with Crippen molar-refractivity contribution in [2.45, 2.75) is 24.8 Å². The van der Waals surface area contributed by atoms with Gasteiger partial charge in [-0.05, 0) is 36.9 Å². The molecule has 0 aromatic heterocycles. The van der Waals surface area contributed by atoms with E-state index in [1.165, 1.54) is 0 Å². The molecule has 0 aliphatic rings. The molecule has 1 atom stereocenters. The number of benzene rings is 2. The number of carbonyl (C=O) groups excluding carboxylic acids is 1. The first-order valence-electron chi connectivity index (χ1n) is 6.95. The number of amides is 1. The summed E-state index contributed by atoms with van der Waals surface area (Å²) in [5.41, 5.74) is 0.831. The van der Waals surface area contributed by atoms with Crippen molar-refractivity contribution in [2.24, 2.45) is 0 Å². The maximum absolute atomic E-state index is 12.2. The standard InChI is InChI=1S/C17H19NO2S/c1-3-21-16-12-8-7-11-15(16)18-17(19)13(2)20-14-9-5-4-6-10-14/h4-13H,3H2,1-2H3,(H,18,19)/t13-/m1/s1. The Morgan fingerprint density at radius 2 is 1.81 bits per heavy atom. The van der Waals surface area contributed by atoms with Gasteiger partial charge < -0.3 is 10.1 Å². The summed E-state index contributed by atoms with van der Waals surface area (Å²) in [6.45, 7) is 3.84. The van der Waals surface area contributed by atoms with Crippen LogP contribution < -0.4 is 10.1 Å². The van der Waals surface area contributed by atoms with E-state index in [9.17, 15) is 4.79 Å². The van der Waals surface area contributed by atoms with Crippen LogP contribution in [0.5, 0.6) is 5.75 Å². The molecule has 2 rings (SSSR count). The molecule has 0 aliphatic carbocycles. The number of para-hydroxylation sites is 2. The highest BCUT2D eigenvalue weighted by Gasteiger charge is 2.16. The molecule has 2 aromatic carbocycles. The lowest BCUT2D eigenvalue weighted by atomic mass is 10.3. The molecule has 21 heavy (non-hydrogen) atoms. The van der Waals surface area contributed by atoms with E-state index in [0.717, 1.165) is 16.3 Å². The molecule has 0 radical (unpaired) electrons. The molecule has 0 saturated carbocycles. The summed E-state index contributed by atoms with van der Waals surface area (Å²) >= 11 is 1.70. The first-order chi connectivity index (χ1) is 10.2. The van der Waals surface area contributed by atoms with Crippen molar-refractivity contribution in [3.05, 3.63) is 54.6 Å². The van der Waals surface area contributed by atoms with Gasteiger partial charge in [0.1, 0.15) is 5.75 Å². The predicted octanol–water partition coefficient (Wildman–Crippen LogP) is 4.20. The summed E-state index contributed by atoms with van der Waals surface area (Å²) in [4.78, 5) is 13.3. The highest BCUT2D eigenvalue weighted by atomic mass is 32.2. The van der Waals surface area contributed by atoms with Gasteiger partial charge in [0.05, 0.1) is 5.69 Å². The van der Waals surface area contributed by atoms with Crippen LogP contribution in [0.3, 0.4) is 0 Å². The fourth-order valence-electron chi connectivity index (χ4n) is 1.84. The number of rotatable bonds is 6. The summed E-state index contributed by atoms with van der Waals surface area (Å²) in [5, 5.41) is 2.93. The van der Waals surface area contributed by atoms with E-state index in [2.05, 4.69) is 12.2 Å². The number of nitrogens with one attached hydrogen (secondary N) is 1. The molecule has 1 N–H and O–H groups in total. The molecular formula is C17H19NO2S. The van der Waals surface area contributed by atoms with Crippen LogP contribution in [0.1, 0.15) is 13.8 Å². The topological polar surface area (TPSA) is 38.3 Å². The van der Waals surface area contributed by atoms with Crippen molar-refractivity contribution in [3.63, 3.8) is 0 Å². The summed E-state index contributed by atoms with van der Waals surface area (Å²) in [5.74, 6) is 1.50. The summed E-state index contributed by atoms with van der Waals surface area (Å²) < 4.78 is 5.63. The maximum Gasteiger partial charge on any atom is 0.265 e. The van der Waals surface area contributed by atoms with E-state index in [-0.39, 0.29) is 5.91 Å². The van der Waals surface area contributed by atoms with Gasteiger partial charge in [0.25, 0.3) is 5.91 Å². The van der Waals surface area contributed by atoms with Crippen LogP contribution >= 0.6 is 11.8 Å². The van der Waals surface area contributed by atoms with Crippen molar-refractivity contribution < 1.29 is 9.53 Å². The van der Waals surface area contributed by atoms with Crippen LogP contribution in [-0.4, -0.2) is 17.8 Å². The summed E-state index contributed by atoms with van der Waals surface area (Å²) in [6, 6.07) is 17.2. The van der Waals surface area contributed by atoms with Crippen LogP contribution in [-0.2, 0) is 4.79 Å². The van der Waals surface area contributed by atoms with Crippen LogP contribution in [0.25, 0.3) is 0 Å². The fraction of sp³-hybridized carbons (Fsp3) is 0.235. The molecule has 0 saturated heterocycles. The molecule has 0 spiro atoms. The molecule has 110 valence electrons. The van der Waals surface area contributed by atoms with E-state index in [1.807, 2.05) is 54.6 Å². The second-order valence-electron chi connectivity index (χ2n) is 4.49. The number of hydrogen-bond donors (Lipinski definition) is 1. The zero-order valence-corrected chi connectivity index (χ0v) is 13.0. The third kappa shape index (κ3) is 4.53. The largest absolute Gasteiger partial charge is 0.481 e. The SMILES string of the molecule is CCSc1ccccc1NC(=O)[C@@H](C)Oc1ccccc1. The molecule has 0 bridgehead atoms. The van der Waals surface area contributed by atoms with Gasteiger partial charge in [0.15, 0.2) is 6.10 Å². The molecule has 1 amide bonds. The van der Waals surface area contributed by atoms with E-state index in [0.29, 0.717) is 5.75 Å². The average Bonchev–Trinajstić information content (AvgIpc) is 2.50. The highest BCUT2D eigenvalue weighted by Crippen LogP contribution is 2.26. The van der Waals surface area contributed by atoms with Gasteiger partial charge in [-0.2, -0.15) is 0 Å². The number of hydrogen-bond acceptors (Lipinski definition) is 3. The second kappa shape index (κ2) is 7.74. The molecule has 3 nitrogen and oxygen atoms in total. The number of carbonyl (C=O) groups is 1. The number of ether oxygens (including phenoxy) is 1. The number of thioether (sulfide) groups is 1. The van der Waals surface area contributed by atoms with Crippen LogP contribution in [0.4, 0.5) is 5.69 Å². The van der Waals surface area contributed by atoms with Crippen LogP contribution in [0, 0.1) is 0 Å². The Balaban J connectivity index is 2.01. The van der Waals surface area contributed by atoms with Gasteiger partial charge in [-0.15, -0.1) is 11.8 Å². The van der Waals surface area contributed by atoms with E-state index < -0.39 is 6.10 Å². The zero-order valence-electron chi connectivity index (χ0n) is 12.2. The first-order valence-corrected chi connectivity index (χ1v) is 7.93. The van der Waals surface area contributed by atoms with Crippen molar-refractivity contribution in [1.82, 2.24) is 0 Å². The molecule has 0 heterocycles. The fourth-order valence-corrected chi connectivity index (χ4v) is 2.60. The van der Waals surface area contributed by atoms with E-state index in [1.54, 1.807) is 18.7 Å². The minimum absolute atomic E-state index is 0.150. The zero-order chi connectivity index (χ0) is 15.1. The quantitative estimate of drug-likeness (QED) is 0.812. The third-order valence-corrected chi connectivity index (χ3v) is 3.83. The van der Waals surface area contributed by atoms with Gasteiger partial charge in [-0.25, -0.2) is 0 Å². The number of anilines is 1. The second-order valence-corrected chi connectivity index (χ2v) is 5.80. The average molecular weight is 301 g/mol. The Bertz CT molecular complexity index is 586. The Morgan fingerprint density at radius 1 is 1.14 bits per heavy atom. The third-order valence-electron chi connectivity index (χ3n) is 2.87. The Labute approximate surface area is 129 Å². The smallest absolute Gasteiger partial charge is 0.265 e. The molecular weight excluding hydrogens is 282 g/mol. The summed E-state index contributed by atoms with van der Waals surface area (Å²) in [7, 11) is 0. The monoisotopic (exact) mass is 301 g/mol. The highest BCUT2D eigenvalue weighted by molar-refractivity contribution is 7.99. The lowest BCUT2D eigenvalue weighted by molar-refractivity contribution is -0.122. The van der Waals surface area contributed by atoms with Crippen molar-refractivity contribution in [2.75, 3.05) is 11.1 Å². The molecule has 0 aliphatic heterocycles.